The van der Waals surface area contributed by atoms with E-state index < -0.39 is 10.0 Å². The average molecular weight is 304 g/mol. The molecule has 0 aromatic carbocycles. The smallest absolute Gasteiger partial charge is 0.221 e. The van der Waals surface area contributed by atoms with Crippen LogP contribution >= 0.6 is 11.3 Å². The first kappa shape index (κ1) is 16.1. The number of rotatable bonds is 7. The van der Waals surface area contributed by atoms with E-state index in [1.165, 1.54) is 14.1 Å². The van der Waals surface area contributed by atoms with Crippen molar-refractivity contribution >= 4 is 27.3 Å². The van der Waals surface area contributed by atoms with Crippen molar-refractivity contribution in [3.8, 4) is 0 Å². The number of sulfonamides is 1. The SMILES string of the molecule is CCC(NC(=O)CCS(=O)(=O)N(C)C)c1cccs1. The predicted octanol–water partition coefficient (Wildman–Crippen LogP) is 1.60. The van der Waals surface area contributed by atoms with Crippen molar-refractivity contribution in [2.24, 2.45) is 0 Å². The lowest BCUT2D eigenvalue weighted by Gasteiger charge is -2.16. The summed E-state index contributed by atoms with van der Waals surface area (Å²) in [4.78, 5) is 12.9. The Labute approximate surface area is 118 Å². The van der Waals surface area contributed by atoms with E-state index >= 15 is 0 Å². The Bertz CT molecular complexity index is 495. The van der Waals surface area contributed by atoms with Crippen LogP contribution in [0.5, 0.6) is 0 Å². The minimum absolute atomic E-state index is 0.0115. The monoisotopic (exact) mass is 304 g/mol. The molecule has 0 spiro atoms. The molecular weight excluding hydrogens is 284 g/mol. The van der Waals surface area contributed by atoms with Crippen LogP contribution in [-0.2, 0) is 14.8 Å². The summed E-state index contributed by atoms with van der Waals surface area (Å²) < 4.78 is 24.3. The van der Waals surface area contributed by atoms with Gasteiger partial charge in [-0.1, -0.05) is 13.0 Å². The molecule has 0 saturated heterocycles. The van der Waals surface area contributed by atoms with Crippen LogP contribution in [0.2, 0.25) is 0 Å². The fourth-order valence-electron chi connectivity index (χ4n) is 1.53. The molecule has 1 aromatic heterocycles. The topological polar surface area (TPSA) is 66.5 Å². The van der Waals surface area contributed by atoms with Gasteiger partial charge in [0.2, 0.25) is 15.9 Å². The van der Waals surface area contributed by atoms with Gasteiger partial charge >= 0.3 is 0 Å². The van der Waals surface area contributed by atoms with E-state index in [4.69, 9.17) is 0 Å². The Balaban J connectivity index is 2.51. The summed E-state index contributed by atoms with van der Waals surface area (Å²) in [5.74, 6) is -0.391. The van der Waals surface area contributed by atoms with Gasteiger partial charge in [0.25, 0.3) is 0 Å². The molecule has 0 saturated carbocycles. The van der Waals surface area contributed by atoms with E-state index in [0.717, 1.165) is 15.6 Å². The summed E-state index contributed by atoms with van der Waals surface area (Å²) in [5, 5.41) is 4.83. The Kier molecular flexibility index (Phi) is 5.96. The highest BCUT2D eigenvalue weighted by Gasteiger charge is 2.18. The predicted molar refractivity (Wildman–Crippen MR) is 77.6 cm³/mol. The Hall–Kier alpha value is -0.920. The Morgan fingerprint density at radius 3 is 2.63 bits per heavy atom. The molecule has 1 amide bonds. The lowest BCUT2D eigenvalue weighted by atomic mass is 10.2. The molecule has 19 heavy (non-hydrogen) atoms. The number of thiophene rings is 1. The van der Waals surface area contributed by atoms with Gasteiger partial charge in [0.05, 0.1) is 11.8 Å². The molecule has 0 fully saturated rings. The van der Waals surface area contributed by atoms with Crippen LogP contribution in [0, 0.1) is 0 Å². The highest BCUT2D eigenvalue weighted by atomic mass is 32.2. The van der Waals surface area contributed by atoms with Gasteiger partial charge in [0, 0.05) is 25.4 Å². The van der Waals surface area contributed by atoms with Gasteiger partial charge < -0.3 is 5.32 Å². The van der Waals surface area contributed by atoms with Crippen molar-refractivity contribution in [1.82, 2.24) is 9.62 Å². The van der Waals surface area contributed by atoms with Gasteiger partial charge in [-0.15, -0.1) is 11.3 Å². The van der Waals surface area contributed by atoms with Crippen molar-refractivity contribution in [1.29, 1.82) is 0 Å². The number of carbonyl (C=O) groups is 1. The molecule has 0 aliphatic carbocycles. The normalized spacial score (nSPS) is 13.5. The number of hydrogen-bond acceptors (Lipinski definition) is 4. The van der Waals surface area contributed by atoms with Crippen LogP contribution in [0.3, 0.4) is 0 Å². The lowest BCUT2D eigenvalue weighted by molar-refractivity contribution is -0.121. The summed E-state index contributed by atoms with van der Waals surface area (Å²) in [6.45, 7) is 1.99. The van der Waals surface area contributed by atoms with Crippen molar-refractivity contribution in [2.45, 2.75) is 25.8 Å². The minimum atomic E-state index is -3.31. The Morgan fingerprint density at radius 2 is 2.16 bits per heavy atom. The number of nitrogens with one attached hydrogen (secondary N) is 1. The maximum Gasteiger partial charge on any atom is 0.221 e. The van der Waals surface area contributed by atoms with Crippen molar-refractivity contribution in [3.63, 3.8) is 0 Å². The molecular formula is C12H20N2O3S2. The van der Waals surface area contributed by atoms with E-state index in [1.807, 2.05) is 24.4 Å². The lowest BCUT2D eigenvalue weighted by Crippen LogP contribution is -2.32. The van der Waals surface area contributed by atoms with Crippen LogP contribution in [0.15, 0.2) is 17.5 Å². The van der Waals surface area contributed by atoms with Crippen molar-refractivity contribution < 1.29 is 13.2 Å². The number of amides is 1. The number of nitrogens with zero attached hydrogens (tertiary/aromatic N) is 1. The van der Waals surface area contributed by atoms with Gasteiger partial charge in [0.1, 0.15) is 0 Å². The first-order valence-corrected chi connectivity index (χ1v) is 8.58. The second-order valence-electron chi connectivity index (χ2n) is 4.39. The van der Waals surface area contributed by atoms with Crippen molar-refractivity contribution in [2.75, 3.05) is 19.8 Å². The summed E-state index contributed by atoms with van der Waals surface area (Å²) in [7, 11) is -0.382. The average Bonchev–Trinajstić information content (AvgIpc) is 2.87. The zero-order chi connectivity index (χ0) is 14.5. The van der Waals surface area contributed by atoms with Crippen LogP contribution in [0.1, 0.15) is 30.7 Å². The van der Waals surface area contributed by atoms with Gasteiger partial charge in [-0.2, -0.15) is 0 Å². The second-order valence-corrected chi connectivity index (χ2v) is 7.67. The van der Waals surface area contributed by atoms with Crippen molar-refractivity contribution in [3.05, 3.63) is 22.4 Å². The van der Waals surface area contributed by atoms with Gasteiger partial charge in [-0.05, 0) is 17.9 Å². The van der Waals surface area contributed by atoms with Crippen LogP contribution in [0.25, 0.3) is 0 Å². The quantitative estimate of drug-likeness (QED) is 0.832. The third-order valence-electron chi connectivity index (χ3n) is 2.77. The summed E-state index contributed by atoms with van der Waals surface area (Å²) >= 11 is 1.58. The highest BCUT2D eigenvalue weighted by Crippen LogP contribution is 2.21. The van der Waals surface area contributed by atoms with E-state index in [9.17, 15) is 13.2 Å². The molecule has 1 aromatic rings. The molecule has 1 N–H and O–H groups in total. The molecule has 0 aliphatic rings. The first-order valence-electron chi connectivity index (χ1n) is 6.09. The van der Waals surface area contributed by atoms with E-state index in [1.54, 1.807) is 11.3 Å². The fraction of sp³-hybridized carbons (Fsp3) is 0.583. The Morgan fingerprint density at radius 1 is 1.47 bits per heavy atom. The number of carbonyl (C=O) groups excluding carboxylic acids is 1. The molecule has 1 atom stereocenters. The van der Waals surface area contributed by atoms with Gasteiger partial charge in [-0.25, -0.2) is 12.7 Å². The summed E-state index contributed by atoms with van der Waals surface area (Å²) in [5.41, 5.74) is 0. The van der Waals surface area contributed by atoms with Gasteiger partial charge in [0.15, 0.2) is 0 Å². The largest absolute Gasteiger partial charge is 0.348 e. The second kappa shape index (κ2) is 7.02. The van der Waals surface area contributed by atoms with E-state index in [-0.39, 0.29) is 24.1 Å². The van der Waals surface area contributed by atoms with Crippen LogP contribution < -0.4 is 5.32 Å². The maximum atomic E-state index is 11.8. The first-order chi connectivity index (χ1) is 8.86. The molecule has 0 bridgehead atoms. The highest BCUT2D eigenvalue weighted by molar-refractivity contribution is 7.89. The van der Waals surface area contributed by atoms with Crippen LogP contribution in [0.4, 0.5) is 0 Å². The van der Waals surface area contributed by atoms with E-state index in [0.29, 0.717) is 0 Å². The molecule has 0 radical (unpaired) electrons. The van der Waals surface area contributed by atoms with Crippen LogP contribution in [-0.4, -0.2) is 38.5 Å². The third kappa shape index (κ3) is 4.93. The maximum absolute atomic E-state index is 11.8. The zero-order valence-electron chi connectivity index (χ0n) is 11.4. The summed E-state index contributed by atoms with van der Waals surface area (Å²) in [6.07, 6.45) is 0.773. The standard InChI is InChI=1S/C12H20N2O3S2/c1-4-10(11-6-5-8-18-11)13-12(15)7-9-19(16,17)14(2)3/h5-6,8,10H,4,7,9H2,1-3H3,(H,13,15). The fourth-order valence-corrected chi connectivity index (χ4v) is 3.20. The number of hydrogen-bond donors (Lipinski definition) is 1. The van der Waals surface area contributed by atoms with Gasteiger partial charge in [-0.3, -0.25) is 4.79 Å². The molecule has 1 heterocycles. The molecule has 5 nitrogen and oxygen atoms in total. The third-order valence-corrected chi connectivity index (χ3v) is 5.59. The molecule has 0 aliphatic heterocycles. The molecule has 1 rings (SSSR count). The zero-order valence-corrected chi connectivity index (χ0v) is 13.1. The van der Waals surface area contributed by atoms with E-state index in [2.05, 4.69) is 5.32 Å². The minimum Gasteiger partial charge on any atom is -0.348 e. The molecule has 108 valence electrons. The summed E-state index contributed by atoms with van der Waals surface area (Å²) in [6, 6.07) is 3.87. The molecule has 7 heteroatoms. The molecule has 1 unspecified atom stereocenters.